The molecule has 0 radical (unpaired) electrons. The molecule has 0 aromatic rings. The van der Waals surface area contributed by atoms with Crippen molar-refractivity contribution in [3.05, 3.63) is 12.2 Å². The molecule has 0 bridgehead atoms. The van der Waals surface area contributed by atoms with Gasteiger partial charge < -0.3 is 10.4 Å². The summed E-state index contributed by atoms with van der Waals surface area (Å²) in [4.78, 5) is 0. The SMILES string of the molecule is CCC(O)CNC/C=C/CCl. The van der Waals surface area contributed by atoms with Crippen LogP contribution in [0, 0.1) is 0 Å². The van der Waals surface area contributed by atoms with Gasteiger partial charge in [0.15, 0.2) is 0 Å². The molecule has 0 aromatic carbocycles. The van der Waals surface area contributed by atoms with Crippen LogP contribution in [-0.2, 0) is 0 Å². The highest BCUT2D eigenvalue weighted by Gasteiger charge is 1.96. The van der Waals surface area contributed by atoms with Crippen LogP contribution in [-0.4, -0.2) is 30.2 Å². The van der Waals surface area contributed by atoms with Crippen LogP contribution < -0.4 is 5.32 Å². The fourth-order valence-electron chi connectivity index (χ4n) is 0.624. The average molecular weight is 178 g/mol. The zero-order valence-electron chi connectivity index (χ0n) is 6.89. The second-order valence-electron chi connectivity index (χ2n) is 2.35. The first kappa shape index (κ1) is 11.0. The number of nitrogens with one attached hydrogen (secondary N) is 1. The molecule has 0 aliphatic heterocycles. The van der Waals surface area contributed by atoms with Crippen LogP contribution in [0.15, 0.2) is 12.2 Å². The van der Waals surface area contributed by atoms with Crippen molar-refractivity contribution >= 4 is 11.6 Å². The lowest BCUT2D eigenvalue weighted by Crippen LogP contribution is -2.26. The molecule has 0 saturated carbocycles. The molecule has 11 heavy (non-hydrogen) atoms. The molecular formula is C8H16ClNO. The maximum absolute atomic E-state index is 9.10. The van der Waals surface area contributed by atoms with Gasteiger partial charge >= 0.3 is 0 Å². The summed E-state index contributed by atoms with van der Waals surface area (Å²) >= 11 is 5.41. The third-order valence-electron chi connectivity index (χ3n) is 1.37. The van der Waals surface area contributed by atoms with Crippen molar-refractivity contribution in [2.45, 2.75) is 19.4 Å². The Labute approximate surface area is 73.3 Å². The van der Waals surface area contributed by atoms with Crippen molar-refractivity contribution in [3.8, 4) is 0 Å². The van der Waals surface area contributed by atoms with Gasteiger partial charge in [0.05, 0.1) is 6.10 Å². The maximum atomic E-state index is 9.10. The average Bonchev–Trinajstić information content (AvgIpc) is 2.04. The van der Waals surface area contributed by atoms with Gasteiger partial charge in [0.25, 0.3) is 0 Å². The molecule has 66 valence electrons. The van der Waals surface area contributed by atoms with E-state index in [-0.39, 0.29) is 6.10 Å². The Hall–Kier alpha value is -0.0500. The molecule has 0 heterocycles. The smallest absolute Gasteiger partial charge is 0.0662 e. The Morgan fingerprint density at radius 1 is 1.55 bits per heavy atom. The highest BCUT2D eigenvalue weighted by atomic mass is 35.5. The largest absolute Gasteiger partial charge is 0.392 e. The fourth-order valence-corrected chi connectivity index (χ4v) is 0.750. The van der Waals surface area contributed by atoms with Gasteiger partial charge in [0.1, 0.15) is 0 Å². The van der Waals surface area contributed by atoms with Crippen LogP contribution in [0.3, 0.4) is 0 Å². The maximum Gasteiger partial charge on any atom is 0.0662 e. The van der Waals surface area contributed by atoms with Crippen molar-refractivity contribution in [3.63, 3.8) is 0 Å². The third-order valence-corrected chi connectivity index (χ3v) is 1.55. The zero-order chi connectivity index (χ0) is 8.53. The van der Waals surface area contributed by atoms with Gasteiger partial charge in [-0.25, -0.2) is 0 Å². The van der Waals surface area contributed by atoms with E-state index >= 15 is 0 Å². The van der Waals surface area contributed by atoms with E-state index in [0.717, 1.165) is 13.0 Å². The third kappa shape index (κ3) is 7.85. The monoisotopic (exact) mass is 177 g/mol. The summed E-state index contributed by atoms with van der Waals surface area (Å²) in [6, 6.07) is 0. The second kappa shape index (κ2) is 8.05. The summed E-state index contributed by atoms with van der Waals surface area (Å²) in [6.45, 7) is 3.40. The molecule has 2 N–H and O–H groups in total. The highest BCUT2D eigenvalue weighted by molar-refractivity contribution is 6.18. The minimum absolute atomic E-state index is 0.223. The fraction of sp³-hybridized carbons (Fsp3) is 0.750. The number of allylic oxidation sites excluding steroid dienone is 1. The van der Waals surface area contributed by atoms with Crippen molar-refractivity contribution in [1.29, 1.82) is 0 Å². The van der Waals surface area contributed by atoms with E-state index in [1.54, 1.807) is 0 Å². The molecule has 0 rings (SSSR count). The first-order chi connectivity index (χ1) is 5.31. The normalized spacial score (nSPS) is 14.1. The molecule has 0 spiro atoms. The van der Waals surface area contributed by atoms with Crippen LogP contribution in [0.2, 0.25) is 0 Å². The summed E-state index contributed by atoms with van der Waals surface area (Å²) in [5, 5.41) is 12.2. The molecule has 1 atom stereocenters. The van der Waals surface area contributed by atoms with Gasteiger partial charge in [0.2, 0.25) is 0 Å². The Kier molecular flexibility index (Phi) is 8.01. The summed E-state index contributed by atoms with van der Waals surface area (Å²) in [7, 11) is 0. The molecule has 3 heteroatoms. The summed E-state index contributed by atoms with van der Waals surface area (Å²) in [6.07, 6.45) is 4.41. The van der Waals surface area contributed by atoms with Crippen molar-refractivity contribution in [1.82, 2.24) is 5.32 Å². The van der Waals surface area contributed by atoms with E-state index in [1.165, 1.54) is 0 Å². The van der Waals surface area contributed by atoms with E-state index in [4.69, 9.17) is 16.7 Å². The number of halogens is 1. The van der Waals surface area contributed by atoms with E-state index in [2.05, 4.69) is 5.32 Å². The molecule has 0 saturated heterocycles. The second-order valence-corrected chi connectivity index (χ2v) is 2.65. The van der Waals surface area contributed by atoms with Crippen molar-refractivity contribution in [2.75, 3.05) is 19.0 Å². The van der Waals surface area contributed by atoms with Gasteiger partial charge in [-0.3, -0.25) is 0 Å². The summed E-state index contributed by atoms with van der Waals surface area (Å²) in [5.41, 5.74) is 0. The number of alkyl halides is 1. The summed E-state index contributed by atoms with van der Waals surface area (Å²) in [5.74, 6) is 0.554. The Morgan fingerprint density at radius 2 is 2.27 bits per heavy atom. The van der Waals surface area contributed by atoms with E-state index < -0.39 is 0 Å². The Bertz CT molecular complexity index is 106. The van der Waals surface area contributed by atoms with Crippen molar-refractivity contribution < 1.29 is 5.11 Å². The lowest BCUT2D eigenvalue weighted by molar-refractivity contribution is 0.169. The molecule has 0 fully saturated rings. The number of hydrogen-bond donors (Lipinski definition) is 2. The molecule has 2 nitrogen and oxygen atoms in total. The molecule has 1 unspecified atom stereocenters. The number of hydrogen-bond acceptors (Lipinski definition) is 2. The predicted octanol–water partition coefficient (Wildman–Crippen LogP) is 1.14. The Morgan fingerprint density at radius 3 is 2.82 bits per heavy atom. The van der Waals surface area contributed by atoms with Crippen LogP contribution in [0.5, 0.6) is 0 Å². The molecular weight excluding hydrogens is 162 g/mol. The van der Waals surface area contributed by atoms with Gasteiger partial charge in [-0.05, 0) is 6.42 Å². The predicted molar refractivity (Wildman–Crippen MR) is 49.0 cm³/mol. The topological polar surface area (TPSA) is 32.3 Å². The first-order valence-electron chi connectivity index (χ1n) is 3.91. The van der Waals surface area contributed by atoms with Gasteiger partial charge in [-0.1, -0.05) is 19.1 Å². The zero-order valence-corrected chi connectivity index (χ0v) is 7.64. The van der Waals surface area contributed by atoms with E-state index in [9.17, 15) is 0 Å². The number of aliphatic hydroxyl groups excluding tert-OH is 1. The molecule has 0 amide bonds. The van der Waals surface area contributed by atoms with Gasteiger partial charge in [-0.15, -0.1) is 11.6 Å². The van der Waals surface area contributed by atoms with Crippen molar-refractivity contribution in [2.24, 2.45) is 0 Å². The van der Waals surface area contributed by atoms with Gasteiger partial charge in [-0.2, -0.15) is 0 Å². The quantitative estimate of drug-likeness (QED) is 0.363. The standard InChI is InChI=1S/C8H16ClNO/c1-2-8(11)7-10-6-4-3-5-9/h3-4,8,10-11H,2,5-7H2,1H3/b4-3+. The molecule has 0 aliphatic carbocycles. The van der Waals surface area contributed by atoms with E-state index in [0.29, 0.717) is 12.4 Å². The van der Waals surface area contributed by atoms with Gasteiger partial charge in [0, 0.05) is 19.0 Å². The minimum Gasteiger partial charge on any atom is -0.392 e. The lowest BCUT2D eigenvalue weighted by atomic mass is 10.3. The van der Waals surface area contributed by atoms with E-state index in [1.807, 2.05) is 19.1 Å². The first-order valence-corrected chi connectivity index (χ1v) is 4.44. The molecule has 0 aliphatic rings. The number of rotatable bonds is 6. The van der Waals surface area contributed by atoms with Crippen LogP contribution in [0.25, 0.3) is 0 Å². The lowest BCUT2D eigenvalue weighted by Gasteiger charge is -2.06. The number of aliphatic hydroxyl groups is 1. The highest BCUT2D eigenvalue weighted by Crippen LogP contribution is 1.85. The van der Waals surface area contributed by atoms with Crippen LogP contribution in [0.4, 0.5) is 0 Å². The van der Waals surface area contributed by atoms with Crippen LogP contribution in [0.1, 0.15) is 13.3 Å². The minimum atomic E-state index is -0.223. The van der Waals surface area contributed by atoms with Crippen LogP contribution >= 0.6 is 11.6 Å². The Balaban J connectivity index is 3.07. The molecule has 0 aromatic heterocycles. The summed E-state index contributed by atoms with van der Waals surface area (Å²) < 4.78 is 0.